The number of carbonyl (C=O) groups excluding carboxylic acids is 1. The number of rotatable bonds is 5. The van der Waals surface area contributed by atoms with Crippen LogP contribution in [0.4, 0.5) is 0 Å². The Kier molecular flexibility index (Phi) is 6.83. The molecule has 2 aromatic carbocycles. The summed E-state index contributed by atoms with van der Waals surface area (Å²) in [5.74, 6) is 0.764. The molecule has 1 saturated heterocycles. The summed E-state index contributed by atoms with van der Waals surface area (Å²) in [5, 5.41) is 0. The molecule has 0 saturated carbocycles. The van der Waals surface area contributed by atoms with E-state index in [4.69, 9.17) is 10.5 Å². The molecule has 0 unspecified atom stereocenters. The molecule has 3 atom stereocenters. The first-order valence-corrected chi connectivity index (χ1v) is 9.87. The number of aryl methyl sites for hydroxylation is 1. The van der Waals surface area contributed by atoms with Crippen LogP contribution in [-0.4, -0.2) is 12.0 Å². The molecule has 0 aliphatic carbocycles. The summed E-state index contributed by atoms with van der Waals surface area (Å²) in [6, 6.07) is 20.4. The van der Waals surface area contributed by atoms with E-state index in [0.717, 1.165) is 32.1 Å². The van der Waals surface area contributed by atoms with Crippen molar-refractivity contribution in [1.82, 2.24) is 0 Å². The third kappa shape index (κ3) is 5.54. The highest BCUT2D eigenvalue weighted by atomic mass is 16.5. The fourth-order valence-electron chi connectivity index (χ4n) is 3.99. The van der Waals surface area contributed by atoms with Crippen molar-refractivity contribution in [2.75, 3.05) is 0 Å². The Morgan fingerprint density at radius 1 is 0.963 bits per heavy atom. The molecular formula is C24H29NO2. The van der Waals surface area contributed by atoms with E-state index in [9.17, 15) is 4.79 Å². The second-order valence-corrected chi connectivity index (χ2v) is 7.51. The molecule has 2 N–H and O–H groups in total. The van der Waals surface area contributed by atoms with Crippen molar-refractivity contribution in [3.63, 3.8) is 0 Å². The molecule has 0 bridgehead atoms. The van der Waals surface area contributed by atoms with Crippen LogP contribution in [0.2, 0.25) is 0 Å². The van der Waals surface area contributed by atoms with Gasteiger partial charge in [0.2, 0.25) is 0 Å². The summed E-state index contributed by atoms with van der Waals surface area (Å²) in [4.78, 5) is 12.2. The van der Waals surface area contributed by atoms with E-state index in [0.29, 0.717) is 18.1 Å². The summed E-state index contributed by atoms with van der Waals surface area (Å²) < 4.78 is 5.59. The number of hydrogen-bond acceptors (Lipinski definition) is 3. The minimum atomic E-state index is -0.549. The molecule has 0 aromatic heterocycles. The first-order valence-electron chi connectivity index (χ1n) is 9.87. The minimum absolute atomic E-state index is 0.139. The van der Waals surface area contributed by atoms with Gasteiger partial charge < -0.3 is 10.5 Å². The maximum atomic E-state index is 12.2. The van der Waals surface area contributed by atoms with Crippen LogP contribution < -0.4 is 5.73 Å². The predicted molar refractivity (Wildman–Crippen MR) is 109 cm³/mol. The van der Waals surface area contributed by atoms with Crippen LogP contribution in [0.15, 0.2) is 73.0 Å². The molecule has 142 valence electrons. The highest BCUT2D eigenvalue weighted by Crippen LogP contribution is 2.34. The third-order valence-corrected chi connectivity index (χ3v) is 5.53. The second-order valence-electron chi connectivity index (χ2n) is 7.51. The zero-order chi connectivity index (χ0) is 19.1. The Morgan fingerprint density at radius 3 is 2.26 bits per heavy atom. The minimum Gasteiger partial charge on any atom is -0.430 e. The van der Waals surface area contributed by atoms with E-state index in [1.807, 2.05) is 12.1 Å². The van der Waals surface area contributed by atoms with Crippen molar-refractivity contribution in [1.29, 1.82) is 0 Å². The summed E-state index contributed by atoms with van der Waals surface area (Å²) in [5.41, 5.74) is 8.58. The Balaban J connectivity index is 1.79. The van der Waals surface area contributed by atoms with Crippen LogP contribution in [0.5, 0.6) is 0 Å². The quantitative estimate of drug-likeness (QED) is 0.786. The molecule has 1 aliphatic rings. The SMILES string of the molecule is C=C1OC(=O)[C@@H](N)CCC[C@H](Cc2ccccc2)[C@H]1CCc1ccccc1. The van der Waals surface area contributed by atoms with Crippen molar-refractivity contribution >= 4 is 5.97 Å². The Bertz CT molecular complexity index is 741. The zero-order valence-electron chi connectivity index (χ0n) is 15.8. The van der Waals surface area contributed by atoms with E-state index in [1.54, 1.807) is 0 Å². The van der Waals surface area contributed by atoms with Gasteiger partial charge in [0.15, 0.2) is 0 Å². The van der Waals surface area contributed by atoms with Gasteiger partial charge in [-0.2, -0.15) is 0 Å². The Morgan fingerprint density at radius 2 is 1.59 bits per heavy atom. The standard InChI is InChI=1S/C24H29NO2/c1-18-22(16-15-19-9-4-2-5-10-19)21(17-20-11-6-3-7-12-20)13-8-14-23(25)24(26)27-18/h2-7,9-12,21-23H,1,8,13-17,25H2/t21-,22+,23+/m1/s1. The molecule has 2 aromatic rings. The second kappa shape index (κ2) is 9.52. The first kappa shape index (κ1) is 19.4. The van der Waals surface area contributed by atoms with Crippen LogP contribution in [-0.2, 0) is 22.4 Å². The van der Waals surface area contributed by atoms with Gasteiger partial charge >= 0.3 is 5.97 Å². The molecule has 0 spiro atoms. The lowest BCUT2D eigenvalue weighted by atomic mass is 9.79. The highest BCUT2D eigenvalue weighted by molar-refractivity contribution is 5.76. The Hall–Kier alpha value is -2.39. The molecule has 3 heteroatoms. The van der Waals surface area contributed by atoms with Gasteiger partial charge in [-0.3, -0.25) is 0 Å². The Labute approximate surface area is 162 Å². The lowest BCUT2D eigenvalue weighted by molar-refractivity contribution is -0.142. The van der Waals surface area contributed by atoms with E-state index in [2.05, 4.69) is 55.1 Å². The molecule has 3 nitrogen and oxygen atoms in total. The van der Waals surface area contributed by atoms with Gasteiger partial charge in [-0.25, -0.2) is 4.79 Å². The highest BCUT2D eigenvalue weighted by Gasteiger charge is 2.30. The van der Waals surface area contributed by atoms with Gasteiger partial charge in [0.1, 0.15) is 11.8 Å². The number of cyclic esters (lactones) is 1. The molecule has 0 amide bonds. The number of carbonyl (C=O) groups is 1. The number of esters is 1. The van der Waals surface area contributed by atoms with E-state index >= 15 is 0 Å². The van der Waals surface area contributed by atoms with Gasteiger partial charge in [0.05, 0.1) is 0 Å². The largest absolute Gasteiger partial charge is 0.430 e. The van der Waals surface area contributed by atoms with Crippen LogP contribution in [0, 0.1) is 11.8 Å². The fraction of sp³-hybridized carbons (Fsp3) is 0.375. The lowest BCUT2D eigenvalue weighted by Gasteiger charge is -2.28. The van der Waals surface area contributed by atoms with Gasteiger partial charge in [0, 0.05) is 5.92 Å². The monoisotopic (exact) mass is 363 g/mol. The zero-order valence-corrected chi connectivity index (χ0v) is 15.8. The van der Waals surface area contributed by atoms with Crippen LogP contribution in [0.25, 0.3) is 0 Å². The third-order valence-electron chi connectivity index (χ3n) is 5.53. The predicted octanol–water partition coefficient (Wildman–Crippen LogP) is 4.66. The van der Waals surface area contributed by atoms with Gasteiger partial charge in [0.25, 0.3) is 0 Å². The maximum absolute atomic E-state index is 12.2. The molecule has 3 rings (SSSR count). The smallest absolute Gasteiger partial charge is 0.327 e. The van der Waals surface area contributed by atoms with Crippen molar-refractivity contribution in [3.05, 3.63) is 84.1 Å². The van der Waals surface area contributed by atoms with Crippen molar-refractivity contribution < 1.29 is 9.53 Å². The van der Waals surface area contributed by atoms with Gasteiger partial charge in [-0.15, -0.1) is 0 Å². The fourth-order valence-corrected chi connectivity index (χ4v) is 3.99. The van der Waals surface area contributed by atoms with E-state index in [1.165, 1.54) is 11.1 Å². The number of allylic oxidation sites excluding steroid dienone is 1. The summed E-state index contributed by atoms with van der Waals surface area (Å²) in [6.45, 7) is 4.13. The lowest BCUT2D eigenvalue weighted by Crippen LogP contribution is -2.32. The average molecular weight is 364 g/mol. The van der Waals surface area contributed by atoms with E-state index < -0.39 is 6.04 Å². The van der Waals surface area contributed by atoms with E-state index in [-0.39, 0.29) is 11.9 Å². The number of benzene rings is 2. The number of nitrogens with two attached hydrogens (primary N) is 1. The summed E-state index contributed by atoms with van der Waals surface area (Å²) >= 11 is 0. The van der Waals surface area contributed by atoms with Crippen molar-refractivity contribution in [2.24, 2.45) is 17.6 Å². The van der Waals surface area contributed by atoms with Crippen LogP contribution in [0.3, 0.4) is 0 Å². The maximum Gasteiger partial charge on any atom is 0.327 e. The molecule has 27 heavy (non-hydrogen) atoms. The first-order chi connectivity index (χ1) is 13.1. The number of hydrogen-bond donors (Lipinski definition) is 1. The molecule has 0 radical (unpaired) electrons. The molecule has 1 fully saturated rings. The topological polar surface area (TPSA) is 52.3 Å². The van der Waals surface area contributed by atoms with Crippen LogP contribution in [0.1, 0.15) is 36.8 Å². The molecule has 1 aliphatic heterocycles. The summed E-state index contributed by atoms with van der Waals surface area (Å²) in [7, 11) is 0. The molecular weight excluding hydrogens is 334 g/mol. The number of ether oxygens (including phenoxy) is 1. The van der Waals surface area contributed by atoms with Crippen molar-refractivity contribution in [3.8, 4) is 0 Å². The van der Waals surface area contributed by atoms with Gasteiger partial charge in [-0.05, 0) is 49.1 Å². The average Bonchev–Trinajstić information content (AvgIpc) is 2.73. The normalized spacial score (nSPS) is 23.8. The van der Waals surface area contributed by atoms with Crippen LogP contribution >= 0.6 is 0 Å². The summed E-state index contributed by atoms with van der Waals surface area (Å²) in [6.07, 6.45) is 5.46. The van der Waals surface area contributed by atoms with Crippen molar-refractivity contribution in [2.45, 2.75) is 44.6 Å². The van der Waals surface area contributed by atoms with Gasteiger partial charge in [-0.1, -0.05) is 73.7 Å². The molecule has 1 heterocycles.